The molecule has 3 aromatic rings. The summed E-state index contributed by atoms with van der Waals surface area (Å²) in [6, 6.07) is 19.1. The van der Waals surface area contributed by atoms with Gasteiger partial charge in [-0.25, -0.2) is 4.79 Å². The standard InChI is InChI=1S/C20H19NO3/c1-2-21-16-10-11-18(20(22)23)19(12-16)24-13-15-8-5-7-14-6-3-4-9-17(14)15/h3-12,21H,2,13H2,1H3,(H,22,23). The monoisotopic (exact) mass is 321 g/mol. The van der Waals surface area contributed by atoms with E-state index < -0.39 is 5.97 Å². The molecule has 0 saturated carbocycles. The molecule has 0 radical (unpaired) electrons. The van der Waals surface area contributed by atoms with E-state index in [1.807, 2.05) is 49.4 Å². The zero-order chi connectivity index (χ0) is 16.9. The van der Waals surface area contributed by atoms with Crippen LogP contribution < -0.4 is 10.1 Å². The third-order valence-electron chi connectivity index (χ3n) is 3.86. The van der Waals surface area contributed by atoms with Crippen LogP contribution in [0.1, 0.15) is 22.8 Å². The SMILES string of the molecule is CCNc1ccc(C(=O)O)c(OCc2cccc3ccccc23)c1. The Bertz CT molecular complexity index is 868. The van der Waals surface area contributed by atoms with Crippen LogP contribution in [-0.4, -0.2) is 17.6 Å². The van der Waals surface area contributed by atoms with Crippen molar-refractivity contribution in [3.63, 3.8) is 0 Å². The molecule has 3 rings (SSSR count). The van der Waals surface area contributed by atoms with Crippen molar-refractivity contribution in [2.24, 2.45) is 0 Å². The van der Waals surface area contributed by atoms with Crippen LogP contribution in [0.25, 0.3) is 10.8 Å². The van der Waals surface area contributed by atoms with Gasteiger partial charge in [-0.2, -0.15) is 0 Å². The second-order valence-corrected chi connectivity index (χ2v) is 5.47. The van der Waals surface area contributed by atoms with Crippen LogP contribution in [0.4, 0.5) is 5.69 Å². The Kier molecular flexibility index (Phi) is 4.66. The van der Waals surface area contributed by atoms with Gasteiger partial charge in [0.2, 0.25) is 0 Å². The highest BCUT2D eigenvalue weighted by Crippen LogP contribution is 2.26. The number of carboxylic acids is 1. The summed E-state index contributed by atoms with van der Waals surface area (Å²) in [5.74, 6) is -0.625. The molecule has 0 saturated heterocycles. The highest BCUT2D eigenvalue weighted by atomic mass is 16.5. The molecule has 4 heteroatoms. The third-order valence-corrected chi connectivity index (χ3v) is 3.86. The molecule has 0 aliphatic carbocycles. The number of hydrogen-bond acceptors (Lipinski definition) is 3. The predicted molar refractivity (Wildman–Crippen MR) is 95.8 cm³/mol. The van der Waals surface area contributed by atoms with E-state index in [1.54, 1.807) is 18.2 Å². The number of hydrogen-bond donors (Lipinski definition) is 2. The van der Waals surface area contributed by atoms with Crippen LogP contribution in [0.15, 0.2) is 60.7 Å². The molecule has 122 valence electrons. The van der Waals surface area contributed by atoms with Crippen molar-refractivity contribution in [1.29, 1.82) is 0 Å². The van der Waals surface area contributed by atoms with E-state index in [-0.39, 0.29) is 5.56 Å². The van der Waals surface area contributed by atoms with Gasteiger partial charge in [-0.05, 0) is 35.4 Å². The van der Waals surface area contributed by atoms with Crippen LogP contribution in [0.3, 0.4) is 0 Å². The molecule has 0 atom stereocenters. The maximum Gasteiger partial charge on any atom is 0.339 e. The summed E-state index contributed by atoms with van der Waals surface area (Å²) in [6.45, 7) is 3.06. The highest BCUT2D eigenvalue weighted by molar-refractivity contribution is 5.91. The highest BCUT2D eigenvalue weighted by Gasteiger charge is 2.13. The molecule has 3 aromatic carbocycles. The second kappa shape index (κ2) is 7.04. The number of fused-ring (bicyclic) bond motifs is 1. The Morgan fingerprint density at radius 3 is 2.67 bits per heavy atom. The van der Waals surface area contributed by atoms with Crippen LogP contribution in [0.5, 0.6) is 5.75 Å². The van der Waals surface area contributed by atoms with E-state index in [0.29, 0.717) is 12.4 Å². The Morgan fingerprint density at radius 2 is 1.88 bits per heavy atom. The Balaban J connectivity index is 1.90. The summed E-state index contributed by atoms with van der Waals surface area (Å²) in [6.07, 6.45) is 0. The summed E-state index contributed by atoms with van der Waals surface area (Å²) >= 11 is 0. The van der Waals surface area contributed by atoms with E-state index in [1.165, 1.54) is 0 Å². The lowest BCUT2D eigenvalue weighted by Gasteiger charge is -2.13. The number of anilines is 1. The normalized spacial score (nSPS) is 10.5. The van der Waals surface area contributed by atoms with Gasteiger partial charge < -0.3 is 15.2 Å². The maximum absolute atomic E-state index is 11.4. The minimum absolute atomic E-state index is 0.164. The van der Waals surface area contributed by atoms with Crippen molar-refractivity contribution in [1.82, 2.24) is 0 Å². The number of carbonyl (C=O) groups is 1. The summed E-state index contributed by atoms with van der Waals surface area (Å²) in [7, 11) is 0. The Morgan fingerprint density at radius 1 is 1.08 bits per heavy atom. The van der Waals surface area contributed by atoms with Gasteiger partial charge in [-0.1, -0.05) is 42.5 Å². The molecule has 0 bridgehead atoms. The minimum atomic E-state index is -0.994. The predicted octanol–water partition coefficient (Wildman–Crippen LogP) is 4.55. The number of nitrogens with one attached hydrogen (secondary N) is 1. The molecule has 0 spiro atoms. The lowest BCUT2D eigenvalue weighted by molar-refractivity contribution is 0.0692. The van der Waals surface area contributed by atoms with E-state index in [9.17, 15) is 9.90 Å². The molecular weight excluding hydrogens is 302 g/mol. The van der Waals surface area contributed by atoms with Crippen molar-refractivity contribution in [2.75, 3.05) is 11.9 Å². The third kappa shape index (κ3) is 3.33. The molecule has 0 amide bonds. The molecule has 4 nitrogen and oxygen atoms in total. The van der Waals surface area contributed by atoms with Gasteiger partial charge in [0.1, 0.15) is 17.9 Å². The fourth-order valence-corrected chi connectivity index (χ4v) is 2.71. The maximum atomic E-state index is 11.4. The topological polar surface area (TPSA) is 58.6 Å². The van der Waals surface area contributed by atoms with Crippen LogP contribution in [0, 0.1) is 0 Å². The first-order valence-corrected chi connectivity index (χ1v) is 7.89. The van der Waals surface area contributed by atoms with Gasteiger partial charge in [-0.15, -0.1) is 0 Å². The van der Waals surface area contributed by atoms with Gasteiger partial charge in [0.05, 0.1) is 0 Å². The summed E-state index contributed by atoms with van der Waals surface area (Å²) < 4.78 is 5.86. The van der Waals surface area contributed by atoms with E-state index >= 15 is 0 Å². The summed E-state index contributed by atoms with van der Waals surface area (Å²) in [5.41, 5.74) is 2.03. The van der Waals surface area contributed by atoms with Crippen LogP contribution in [0.2, 0.25) is 0 Å². The zero-order valence-corrected chi connectivity index (χ0v) is 13.5. The molecule has 0 fully saturated rings. The van der Waals surface area contributed by atoms with Gasteiger partial charge >= 0.3 is 5.97 Å². The van der Waals surface area contributed by atoms with Crippen molar-refractivity contribution < 1.29 is 14.6 Å². The number of carboxylic acid groups (broad SMARTS) is 1. The van der Waals surface area contributed by atoms with Gasteiger partial charge in [0.15, 0.2) is 0 Å². The number of ether oxygens (including phenoxy) is 1. The first-order valence-electron chi connectivity index (χ1n) is 7.89. The smallest absolute Gasteiger partial charge is 0.339 e. The fraction of sp³-hybridized carbons (Fsp3) is 0.150. The second-order valence-electron chi connectivity index (χ2n) is 5.47. The van der Waals surface area contributed by atoms with E-state index in [2.05, 4.69) is 5.32 Å². The molecule has 0 aliphatic rings. The molecule has 24 heavy (non-hydrogen) atoms. The lowest BCUT2D eigenvalue weighted by atomic mass is 10.1. The first-order chi connectivity index (χ1) is 11.7. The van der Waals surface area contributed by atoms with Crippen LogP contribution >= 0.6 is 0 Å². The largest absolute Gasteiger partial charge is 0.488 e. The number of aromatic carboxylic acids is 1. The number of benzene rings is 3. The quantitative estimate of drug-likeness (QED) is 0.699. The average molecular weight is 321 g/mol. The fourth-order valence-electron chi connectivity index (χ4n) is 2.71. The zero-order valence-electron chi connectivity index (χ0n) is 13.5. The van der Waals surface area contributed by atoms with Gasteiger partial charge in [-0.3, -0.25) is 0 Å². The van der Waals surface area contributed by atoms with Crippen molar-refractivity contribution in [2.45, 2.75) is 13.5 Å². The Labute approximate surface area is 140 Å². The molecule has 0 aromatic heterocycles. The molecule has 0 unspecified atom stereocenters. The minimum Gasteiger partial charge on any atom is -0.488 e. The molecular formula is C20H19NO3. The summed E-state index contributed by atoms with van der Waals surface area (Å²) in [5, 5.41) is 14.8. The van der Waals surface area contributed by atoms with Gasteiger partial charge in [0, 0.05) is 18.3 Å². The molecule has 0 heterocycles. The Hall–Kier alpha value is -3.01. The van der Waals surface area contributed by atoms with Crippen molar-refractivity contribution >= 4 is 22.4 Å². The van der Waals surface area contributed by atoms with Gasteiger partial charge in [0.25, 0.3) is 0 Å². The van der Waals surface area contributed by atoms with E-state index in [0.717, 1.165) is 28.6 Å². The van der Waals surface area contributed by atoms with E-state index in [4.69, 9.17) is 4.74 Å². The number of rotatable bonds is 6. The summed E-state index contributed by atoms with van der Waals surface area (Å²) in [4.78, 5) is 11.4. The average Bonchev–Trinajstić information content (AvgIpc) is 2.60. The first kappa shape index (κ1) is 15.9. The lowest BCUT2D eigenvalue weighted by Crippen LogP contribution is -2.05. The molecule has 2 N–H and O–H groups in total. The molecule has 0 aliphatic heterocycles. The van der Waals surface area contributed by atoms with Crippen molar-refractivity contribution in [3.05, 3.63) is 71.8 Å². The van der Waals surface area contributed by atoms with Crippen LogP contribution in [-0.2, 0) is 6.61 Å². The van der Waals surface area contributed by atoms with Crippen molar-refractivity contribution in [3.8, 4) is 5.75 Å².